The van der Waals surface area contributed by atoms with E-state index in [2.05, 4.69) is 16.8 Å². The highest BCUT2D eigenvalue weighted by molar-refractivity contribution is 6.33. The van der Waals surface area contributed by atoms with E-state index in [-0.39, 0.29) is 22.0 Å². The number of rotatable bonds is 3. The third-order valence-corrected chi connectivity index (χ3v) is 5.36. The minimum absolute atomic E-state index is 0.219. The normalized spacial score (nSPS) is 15.6. The second-order valence-corrected chi connectivity index (χ2v) is 7.09. The van der Waals surface area contributed by atoms with Crippen LogP contribution in [0.3, 0.4) is 0 Å². The second-order valence-electron chi connectivity index (χ2n) is 6.68. The Morgan fingerprint density at radius 3 is 2.63 bits per heavy atom. The van der Waals surface area contributed by atoms with Crippen LogP contribution in [-0.2, 0) is 0 Å². The monoisotopic (exact) mass is 390 g/mol. The SMILES string of the molecule is CCN1CCN(c2c(F)cc(-n3oc4nccc(C)c4c3=O)cc2Cl)CC1. The molecule has 0 radical (unpaired) electrons. The van der Waals surface area contributed by atoms with Gasteiger partial charge in [-0.2, -0.15) is 0 Å². The molecule has 0 aliphatic carbocycles. The van der Waals surface area contributed by atoms with Crippen molar-refractivity contribution in [3.63, 3.8) is 0 Å². The number of aryl methyl sites for hydroxylation is 1. The Kier molecular flexibility index (Phi) is 4.65. The molecule has 3 aromatic rings. The molecule has 4 rings (SSSR count). The first kappa shape index (κ1) is 18.0. The molecule has 8 heteroatoms. The maximum atomic E-state index is 14.9. The van der Waals surface area contributed by atoms with Crippen LogP contribution in [0.1, 0.15) is 12.5 Å². The number of piperazine rings is 1. The molecule has 0 bridgehead atoms. The Morgan fingerprint density at radius 1 is 1.26 bits per heavy atom. The summed E-state index contributed by atoms with van der Waals surface area (Å²) in [5.74, 6) is -0.473. The van der Waals surface area contributed by atoms with Crippen LogP contribution < -0.4 is 10.5 Å². The lowest BCUT2D eigenvalue weighted by Crippen LogP contribution is -2.46. The van der Waals surface area contributed by atoms with Crippen molar-refractivity contribution in [2.24, 2.45) is 0 Å². The predicted molar refractivity (Wildman–Crippen MR) is 104 cm³/mol. The highest BCUT2D eigenvalue weighted by Gasteiger charge is 2.23. The molecule has 27 heavy (non-hydrogen) atoms. The summed E-state index contributed by atoms with van der Waals surface area (Å²) in [5, 5.41) is 0.640. The quantitative estimate of drug-likeness (QED) is 0.687. The van der Waals surface area contributed by atoms with Gasteiger partial charge in [0.2, 0.25) is 0 Å². The molecule has 0 spiro atoms. The summed E-state index contributed by atoms with van der Waals surface area (Å²) >= 11 is 6.40. The zero-order valence-corrected chi connectivity index (χ0v) is 16.0. The fraction of sp³-hybridized carbons (Fsp3) is 0.368. The van der Waals surface area contributed by atoms with E-state index in [0.29, 0.717) is 24.2 Å². The number of pyridine rings is 1. The highest BCUT2D eigenvalue weighted by Crippen LogP contribution is 2.32. The number of aromatic nitrogens is 2. The maximum absolute atomic E-state index is 14.9. The lowest BCUT2D eigenvalue weighted by atomic mass is 10.2. The fourth-order valence-electron chi connectivity index (χ4n) is 3.52. The molecule has 1 aliphatic rings. The van der Waals surface area contributed by atoms with E-state index in [1.165, 1.54) is 6.07 Å². The van der Waals surface area contributed by atoms with E-state index in [0.717, 1.165) is 29.9 Å². The van der Waals surface area contributed by atoms with E-state index in [4.69, 9.17) is 16.1 Å². The van der Waals surface area contributed by atoms with Crippen molar-refractivity contribution >= 4 is 28.4 Å². The van der Waals surface area contributed by atoms with Gasteiger partial charge in [0.05, 0.1) is 16.4 Å². The van der Waals surface area contributed by atoms with Crippen LogP contribution in [-0.4, -0.2) is 47.3 Å². The number of fused-ring (bicyclic) bond motifs is 1. The second kappa shape index (κ2) is 6.98. The van der Waals surface area contributed by atoms with Gasteiger partial charge in [-0.1, -0.05) is 18.5 Å². The van der Waals surface area contributed by atoms with Gasteiger partial charge in [-0.25, -0.2) is 9.37 Å². The molecular weight excluding hydrogens is 371 g/mol. The predicted octanol–water partition coefficient (Wildman–Crippen LogP) is 3.22. The maximum Gasteiger partial charge on any atom is 0.297 e. The van der Waals surface area contributed by atoms with Gasteiger partial charge < -0.3 is 14.3 Å². The molecule has 1 fully saturated rings. The van der Waals surface area contributed by atoms with Crippen LogP contribution in [0.15, 0.2) is 33.7 Å². The van der Waals surface area contributed by atoms with Gasteiger partial charge in [0.15, 0.2) is 0 Å². The Balaban J connectivity index is 1.74. The van der Waals surface area contributed by atoms with Crippen molar-refractivity contribution in [3.8, 4) is 5.69 Å². The zero-order chi connectivity index (χ0) is 19.1. The summed E-state index contributed by atoms with van der Waals surface area (Å²) in [6.07, 6.45) is 1.57. The lowest BCUT2D eigenvalue weighted by molar-refractivity contribution is 0.270. The van der Waals surface area contributed by atoms with Gasteiger partial charge in [0.1, 0.15) is 11.2 Å². The van der Waals surface area contributed by atoms with E-state index in [9.17, 15) is 9.18 Å². The number of nitrogens with zero attached hydrogens (tertiary/aromatic N) is 4. The smallest absolute Gasteiger partial charge is 0.297 e. The number of likely N-dealkylation sites (N-methyl/N-ethyl adjacent to an activating group) is 1. The van der Waals surface area contributed by atoms with Gasteiger partial charge in [0.25, 0.3) is 11.3 Å². The molecule has 0 atom stereocenters. The Hall–Kier alpha value is -2.38. The van der Waals surface area contributed by atoms with Crippen LogP contribution in [0.4, 0.5) is 10.1 Å². The zero-order valence-electron chi connectivity index (χ0n) is 15.2. The molecule has 1 aromatic carbocycles. The van der Waals surface area contributed by atoms with E-state index < -0.39 is 5.82 Å². The summed E-state index contributed by atoms with van der Waals surface area (Å²) in [4.78, 5) is 21.0. The van der Waals surface area contributed by atoms with E-state index >= 15 is 0 Å². The number of anilines is 1. The molecule has 142 valence electrons. The number of hydrogen-bond donors (Lipinski definition) is 0. The summed E-state index contributed by atoms with van der Waals surface area (Å²) in [6.45, 7) is 8.03. The standard InChI is InChI=1S/C19H20ClFN4O2/c1-3-23-6-8-24(9-7-23)17-14(20)10-13(11-15(17)21)25-19(26)16-12(2)4-5-22-18(16)27-25/h4-5,10-11H,3,6-9H2,1-2H3. The van der Waals surface area contributed by atoms with Crippen LogP contribution in [0.2, 0.25) is 5.02 Å². The third kappa shape index (κ3) is 3.11. The third-order valence-electron chi connectivity index (χ3n) is 5.07. The topological polar surface area (TPSA) is 54.5 Å². The molecule has 0 amide bonds. The fourth-order valence-corrected chi connectivity index (χ4v) is 3.84. The molecular formula is C19H20ClFN4O2. The van der Waals surface area contributed by atoms with Crippen LogP contribution in [0.25, 0.3) is 16.8 Å². The average molecular weight is 391 g/mol. The molecule has 1 saturated heterocycles. The van der Waals surface area contributed by atoms with Crippen molar-refractivity contribution < 1.29 is 8.91 Å². The molecule has 0 unspecified atom stereocenters. The van der Waals surface area contributed by atoms with Crippen molar-refractivity contribution in [2.75, 3.05) is 37.6 Å². The minimum atomic E-state index is -0.473. The lowest BCUT2D eigenvalue weighted by Gasteiger charge is -2.36. The summed E-state index contributed by atoms with van der Waals surface area (Å²) < 4.78 is 21.5. The molecule has 2 aromatic heterocycles. The first-order chi connectivity index (χ1) is 13.0. The van der Waals surface area contributed by atoms with Gasteiger partial charge in [-0.05, 0) is 31.2 Å². The molecule has 0 N–H and O–H groups in total. The Labute approximate surface area is 160 Å². The first-order valence-electron chi connectivity index (χ1n) is 8.94. The van der Waals surface area contributed by atoms with Crippen molar-refractivity contribution in [3.05, 3.63) is 51.2 Å². The number of hydrogen-bond acceptors (Lipinski definition) is 5. The van der Waals surface area contributed by atoms with Crippen LogP contribution >= 0.6 is 11.6 Å². The van der Waals surface area contributed by atoms with Crippen molar-refractivity contribution in [1.82, 2.24) is 14.6 Å². The number of benzene rings is 1. The van der Waals surface area contributed by atoms with Gasteiger partial charge in [-0.3, -0.25) is 4.79 Å². The summed E-state index contributed by atoms with van der Waals surface area (Å²) in [5.41, 5.74) is 1.21. The molecule has 0 saturated carbocycles. The first-order valence-corrected chi connectivity index (χ1v) is 9.31. The van der Waals surface area contributed by atoms with Crippen molar-refractivity contribution in [2.45, 2.75) is 13.8 Å². The van der Waals surface area contributed by atoms with Crippen LogP contribution in [0.5, 0.6) is 0 Å². The average Bonchev–Trinajstić information content (AvgIpc) is 3.00. The molecule has 6 nitrogen and oxygen atoms in total. The minimum Gasteiger partial charge on any atom is -0.365 e. The van der Waals surface area contributed by atoms with Crippen molar-refractivity contribution in [1.29, 1.82) is 0 Å². The molecule has 3 heterocycles. The molecule has 1 aliphatic heterocycles. The van der Waals surface area contributed by atoms with E-state index in [1.54, 1.807) is 25.3 Å². The highest BCUT2D eigenvalue weighted by atomic mass is 35.5. The number of halogens is 2. The van der Waals surface area contributed by atoms with Gasteiger partial charge in [0, 0.05) is 38.4 Å². The Morgan fingerprint density at radius 2 is 2.00 bits per heavy atom. The summed E-state index contributed by atoms with van der Waals surface area (Å²) in [6, 6.07) is 4.58. The van der Waals surface area contributed by atoms with Gasteiger partial charge in [-0.15, -0.1) is 4.74 Å². The van der Waals surface area contributed by atoms with Crippen LogP contribution in [0, 0.1) is 12.7 Å². The largest absolute Gasteiger partial charge is 0.365 e. The van der Waals surface area contributed by atoms with E-state index in [1.807, 2.05) is 4.90 Å². The summed E-state index contributed by atoms with van der Waals surface area (Å²) in [7, 11) is 0. The Bertz CT molecular complexity index is 1030. The van der Waals surface area contributed by atoms with Gasteiger partial charge >= 0.3 is 0 Å².